The number of H-pyrrole nitrogens is 1. The number of allylic oxidation sites excluding steroid dienone is 2. The number of nitrogens with two attached hydrogens (primary N) is 1. The molecule has 1 aromatic carbocycles. The molecule has 14 nitrogen and oxygen atoms in total. The van der Waals surface area contributed by atoms with Gasteiger partial charge in [0.1, 0.15) is 23.7 Å². The number of carbonyl (C=O) groups is 2. The van der Waals surface area contributed by atoms with Crippen LogP contribution in [0.3, 0.4) is 0 Å². The largest absolute Gasteiger partial charge is 0.507 e. The van der Waals surface area contributed by atoms with E-state index in [1.807, 2.05) is 19.9 Å². The summed E-state index contributed by atoms with van der Waals surface area (Å²) in [5.74, 6) is -0.909. The van der Waals surface area contributed by atoms with Crippen molar-refractivity contribution in [3.63, 3.8) is 0 Å². The van der Waals surface area contributed by atoms with Crippen molar-refractivity contribution in [1.29, 1.82) is 0 Å². The summed E-state index contributed by atoms with van der Waals surface area (Å²) in [4.78, 5) is 44.6. The number of aromatic hydroxyl groups is 1. The molecule has 5 rings (SSSR count). The molecule has 0 saturated heterocycles. The van der Waals surface area contributed by atoms with Crippen LogP contribution < -0.4 is 16.0 Å². The van der Waals surface area contributed by atoms with Gasteiger partial charge in [0.05, 0.1) is 13.4 Å². The SMILES string of the molecule is COc1c(C)c2c(c(O)c1C/C=C(\C)CCC(=O)O)C(=O)OC2.Nc1nc2c(ncn2[C@H]2C[C@H](CO)[C@H]2CO)c(=O)[nH]1. The number of phenolic OH excluding ortho intramolecular Hbond substituents is 1. The van der Waals surface area contributed by atoms with E-state index in [9.17, 15) is 29.7 Å². The van der Waals surface area contributed by atoms with Gasteiger partial charge in [0.2, 0.25) is 5.95 Å². The fourth-order valence-corrected chi connectivity index (χ4v) is 5.47. The van der Waals surface area contributed by atoms with E-state index in [-0.39, 0.29) is 72.5 Å². The summed E-state index contributed by atoms with van der Waals surface area (Å²) in [5, 5.41) is 37.7. The van der Waals surface area contributed by atoms with Crippen LogP contribution in [-0.2, 0) is 22.6 Å². The summed E-state index contributed by atoms with van der Waals surface area (Å²) in [5.41, 5.74) is 8.85. The number of fused-ring (bicyclic) bond motifs is 2. The van der Waals surface area contributed by atoms with Crippen molar-refractivity contribution in [2.75, 3.05) is 26.1 Å². The first-order valence-corrected chi connectivity index (χ1v) is 13.4. The minimum Gasteiger partial charge on any atom is -0.507 e. The molecule has 7 N–H and O–H groups in total. The molecule has 0 bridgehead atoms. The molecule has 1 aliphatic carbocycles. The number of esters is 1. The van der Waals surface area contributed by atoms with Crippen molar-refractivity contribution in [2.45, 2.75) is 52.2 Å². The van der Waals surface area contributed by atoms with Gasteiger partial charge in [0.25, 0.3) is 5.56 Å². The Kier molecular flexibility index (Phi) is 9.17. The van der Waals surface area contributed by atoms with Gasteiger partial charge in [-0.1, -0.05) is 11.6 Å². The molecular weight excluding hydrogens is 550 g/mol. The zero-order valence-corrected chi connectivity index (χ0v) is 23.6. The Morgan fingerprint density at radius 2 is 2.02 bits per heavy atom. The number of hydrogen-bond acceptors (Lipinski definition) is 11. The molecule has 0 radical (unpaired) electrons. The van der Waals surface area contributed by atoms with Crippen LogP contribution in [0, 0.1) is 18.8 Å². The van der Waals surface area contributed by atoms with Gasteiger partial charge in [-0.25, -0.2) is 9.78 Å². The number of rotatable bonds is 9. The van der Waals surface area contributed by atoms with Gasteiger partial charge < -0.3 is 40.2 Å². The molecule has 1 fully saturated rings. The number of anilines is 1. The van der Waals surface area contributed by atoms with Crippen LogP contribution in [0.2, 0.25) is 0 Å². The predicted octanol–water partition coefficient (Wildman–Crippen LogP) is 1.60. The Morgan fingerprint density at radius 1 is 1.29 bits per heavy atom. The van der Waals surface area contributed by atoms with Gasteiger partial charge >= 0.3 is 11.9 Å². The molecule has 1 aliphatic heterocycles. The van der Waals surface area contributed by atoms with E-state index in [0.717, 1.165) is 17.6 Å². The highest BCUT2D eigenvalue weighted by Gasteiger charge is 2.42. The number of hydrogen-bond donors (Lipinski definition) is 6. The zero-order chi connectivity index (χ0) is 30.7. The number of nitrogens with one attached hydrogen (secondary N) is 1. The molecule has 0 unspecified atom stereocenters. The fraction of sp³-hybridized carbons (Fsp3) is 0.464. The first kappa shape index (κ1) is 30.5. The summed E-state index contributed by atoms with van der Waals surface area (Å²) in [6.45, 7) is 3.82. The lowest BCUT2D eigenvalue weighted by Crippen LogP contribution is -2.42. The molecule has 3 heterocycles. The van der Waals surface area contributed by atoms with Gasteiger partial charge in [-0.3, -0.25) is 14.6 Å². The summed E-state index contributed by atoms with van der Waals surface area (Å²) >= 11 is 0. The maximum Gasteiger partial charge on any atom is 0.342 e. The third-order valence-corrected chi connectivity index (χ3v) is 7.93. The number of methoxy groups -OCH3 is 1. The highest BCUT2D eigenvalue weighted by Crippen LogP contribution is 2.44. The topological polar surface area (TPSA) is 223 Å². The van der Waals surface area contributed by atoms with Crippen molar-refractivity contribution < 1.29 is 39.5 Å². The van der Waals surface area contributed by atoms with Crippen LogP contribution in [0.15, 0.2) is 22.8 Å². The smallest absolute Gasteiger partial charge is 0.342 e. The molecule has 2 aliphatic rings. The monoisotopic (exact) mass is 585 g/mol. The Morgan fingerprint density at radius 3 is 2.67 bits per heavy atom. The van der Waals surface area contributed by atoms with Gasteiger partial charge in [0, 0.05) is 42.7 Å². The number of aliphatic hydroxyl groups is 2. The summed E-state index contributed by atoms with van der Waals surface area (Å²) in [6, 6.07) is -0.0131. The van der Waals surface area contributed by atoms with Crippen LogP contribution in [0.25, 0.3) is 11.2 Å². The number of aliphatic carboxylic acids is 1. The van der Waals surface area contributed by atoms with E-state index in [1.165, 1.54) is 13.4 Å². The van der Waals surface area contributed by atoms with Gasteiger partial charge in [0.15, 0.2) is 11.2 Å². The van der Waals surface area contributed by atoms with Crippen molar-refractivity contribution in [3.8, 4) is 11.5 Å². The van der Waals surface area contributed by atoms with Gasteiger partial charge in [-0.15, -0.1) is 0 Å². The minimum absolute atomic E-state index is 0.0131. The number of nitrogen functional groups attached to an aromatic ring is 1. The lowest BCUT2D eigenvalue weighted by atomic mass is 9.70. The van der Waals surface area contributed by atoms with E-state index < -0.39 is 11.9 Å². The number of phenols is 1. The normalized spacial score (nSPS) is 19.5. The fourth-order valence-electron chi connectivity index (χ4n) is 5.47. The third kappa shape index (κ3) is 5.81. The van der Waals surface area contributed by atoms with Gasteiger partial charge in [-0.05, 0) is 44.6 Å². The number of cyclic esters (lactones) is 1. The standard InChI is InChI=1S/C17H20O6.C11H15N5O3/c1-9(5-7-13(18)19)4-6-11-15(20)14-12(8-23-17(14)21)10(2)16(11)22-3;12-11-14-9-8(10(19)15-11)13-4-16(9)7-1-5(2-17)6(7)3-18/h4,20H,5-8H2,1-3H3,(H,18,19);4-7,17-18H,1-3H2,(H3,12,14,15,19)/b9-4+;/t;5-,6-,7+/m.1/s1. The number of benzene rings is 1. The molecule has 2 aromatic heterocycles. The number of carboxylic acids is 1. The third-order valence-electron chi connectivity index (χ3n) is 7.93. The molecule has 3 atom stereocenters. The zero-order valence-electron chi connectivity index (χ0n) is 23.6. The van der Waals surface area contributed by atoms with Crippen LogP contribution in [0.1, 0.15) is 59.3 Å². The maximum atomic E-state index is 11.8. The lowest BCUT2D eigenvalue weighted by molar-refractivity contribution is -0.136. The second-order valence-electron chi connectivity index (χ2n) is 10.4. The highest BCUT2D eigenvalue weighted by atomic mass is 16.5. The van der Waals surface area contributed by atoms with Crippen LogP contribution >= 0.6 is 0 Å². The number of nitrogens with zero attached hydrogens (tertiary/aromatic N) is 3. The first-order valence-electron chi connectivity index (χ1n) is 13.4. The molecule has 14 heteroatoms. The Labute approximate surface area is 240 Å². The van der Waals surface area contributed by atoms with E-state index in [1.54, 1.807) is 4.57 Å². The minimum atomic E-state index is -0.853. The summed E-state index contributed by atoms with van der Waals surface area (Å²) < 4.78 is 12.2. The summed E-state index contributed by atoms with van der Waals surface area (Å²) in [6.07, 6.45) is 4.94. The van der Waals surface area contributed by atoms with E-state index >= 15 is 0 Å². The maximum absolute atomic E-state index is 11.8. The second kappa shape index (κ2) is 12.6. The van der Waals surface area contributed by atoms with Crippen molar-refractivity contribution >= 4 is 29.1 Å². The Bertz CT molecular complexity index is 1590. The Hall–Kier alpha value is -4.43. The van der Waals surface area contributed by atoms with Crippen LogP contribution in [0.4, 0.5) is 5.95 Å². The highest BCUT2D eigenvalue weighted by molar-refractivity contribution is 5.98. The molecule has 0 spiro atoms. The number of aliphatic hydroxyl groups excluding tert-OH is 2. The van der Waals surface area contributed by atoms with E-state index in [4.69, 9.17) is 20.3 Å². The van der Waals surface area contributed by atoms with Crippen LogP contribution in [0.5, 0.6) is 11.5 Å². The van der Waals surface area contributed by atoms with E-state index in [2.05, 4.69) is 15.0 Å². The number of carbonyl (C=O) groups excluding carboxylic acids is 1. The quantitative estimate of drug-likeness (QED) is 0.156. The van der Waals surface area contributed by atoms with Crippen molar-refractivity contribution in [1.82, 2.24) is 19.5 Å². The van der Waals surface area contributed by atoms with E-state index in [0.29, 0.717) is 35.4 Å². The average Bonchev–Trinajstić information content (AvgIpc) is 3.53. The Balaban J connectivity index is 0.000000196. The number of imidazole rings is 1. The molecule has 3 aromatic rings. The van der Waals surface area contributed by atoms with Crippen molar-refractivity contribution in [3.05, 3.63) is 50.6 Å². The second-order valence-corrected chi connectivity index (χ2v) is 10.4. The molecule has 42 heavy (non-hydrogen) atoms. The summed E-state index contributed by atoms with van der Waals surface area (Å²) in [7, 11) is 1.51. The number of aromatic nitrogens is 4. The molecule has 226 valence electrons. The van der Waals surface area contributed by atoms with Crippen molar-refractivity contribution in [2.24, 2.45) is 11.8 Å². The average molecular weight is 586 g/mol. The molecule has 1 saturated carbocycles. The number of ether oxygens (including phenoxy) is 2. The lowest BCUT2D eigenvalue weighted by Gasteiger charge is -2.43. The number of carboxylic acid groups (broad SMARTS) is 1. The van der Waals surface area contributed by atoms with Crippen LogP contribution in [-0.4, -0.2) is 72.2 Å². The molecular formula is C28H35N5O9. The number of aromatic amines is 1. The first-order chi connectivity index (χ1) is 20.0. The predicted molar refractivity (Wildman–Crippen MR) is 150 cm³/mol. The molecule has 0 amide bonds. The van der Waals surface area contributed by atoms with Gasteiger partial charge in [-0.2, -0.15) is 4.98 Å².